The maximum atomic E-state index is 12.5. The van der Waals surface area contributed by atoms with Gasteiger partial charge >= 0.3 is 0 Å². The lowest BCUT2D eigenvalue weighted by atomic mass is 10.2. The normalized spacial score (nSPS) is 10.3. The lowest BCUT2D eigenvalue weighted by Crippen LogP contribution is -2.41. The summed E-state index contributed by atoms with van der Waals surface area (Å²) in [6.45, 7) is 4.28. The van der Waals surface area contributed by atoms with Crippen LogP contribution < -0.4 is 10.1 Å². The number of para-hydroxylation sites is 2. The van der Waals surface area contributed by atoms with Gasteiger partial charge in [0.25, 0.3) is 5.91 Å². The van der Waals surface area contributed by atoms with Crippen molar-refractivity contribution in [2.24, 2.45) is 0 Å². The van der Waals surface area contributed by atoms with Crippen LogP contribution in [0.2, 0.25) is 0 Å². The Bertz CT molecular complexity index is 764. The fourth-order valence-electron chi connectivity index (χ4n) is 2.43. The molecule has 2 amide bonds. The number of ether oxygens (including phenoxy) is 1. The van der Waals surface area contributed by atoms with Crippen molar-refractivity contribution in [3.05, 3.63) is 58.6 Å². The van der Waals surface area contributed by atoms with Crippen LogP contribution in [0.1, 0.15) is 18.9 Å². The molecule has 0 aliphatic rings. The number of carbonyl (C=O) groups is 2. The van der Waals surface area contributed by atoms with Crippen LogP contribution in [0, 0.1) is 6.92 Å². The largest absolute Gasteiger partial charge is 0.483 e. The molecule has 0 aliphatic heterocycles. The van der Waals surface area contributed by atoms with E-state index in [0.29, 0.717) is 12.3 Å². The number of carbonyl (C=O) groups excluding carboxylic acids is 2. The lowest BCUT2D eigenvalue weighted by Gasteiger charge is -2.22. The van der Waals surface area contributed by atoms with Crippen molar-refractivity contribution in [1.29, 1.82) is 0 Å². The molecule has 2 rings (SSSR count). The van der Waals surface area contributed by atoms with Gasteiger partial charge in [-0.1, -0.05) is 37.3 Å². The number of rotatable bonds is 8. The molecule has 0 fully saturated rings. The van der Waals surface area contributed by atoms with E-state index in [0.717, 1.165) is 22.1 Å². The molecule has 0 spiro atoms. The third-order valence-electron chi connectivity index (χ3n) is 3.79. The Morgan fingerprint density at radius 1 is 1.12 bits per heavy atom. The van der Waals surface area contributed by atoms with Crippen molar-refractivity contribution in [3.8, 4) is 5.75 Å². The van der Waals surface area contributed by atoms with Gasteiger partial charge in [0, 0.05) is 12.2 Å². The van der Waals surface area contributed by atoms with Gasteiger partial charge < -0.3 is 15.0 Å². The van der Waals surface area contributed by atoms with Crippen molar-refractivity contribution in [3.63, 3.8) is 0 Å². The van der Waals surface area contributed by atoms with E-state index in [-0.39, 0.29) is 25.0 Å². The number of amides is 2. The zero-order valence-electron chi connectivity index (χ0n) is 15.0. The summed E-state index contributed by atoms with van der Waals surface area (Å²) in [5.74, 6) is 0.159. The predicted octanol–water partition coefficient (Wildman–Crippen LogP) is 4.01. The highest BCUT2D eigenvalue weighted by atomic mass is 79.9. The Hall–Kier alpha value is -2.34. The van der Waals surface area contributed by atoms with E-state index in [1.54, 1.807) is 6.07 Å². The number of benzene rings is 2. The van der Waals surface area contributed by atoms with E-state index >= 15 is 0 Å². The van der Waals surface area contributed by atoms with Crippen LogP contribution in [-0.2, 0) is 9.59 Å². The van der Waals surface area contributed by atoms with Gasteiger partial charge in [0.1, 0.15) is 5.75 Å². The summed E-state index contributed by atoms with van der Waals surface area (Å²) in [6, 6.07) is 14.9. The second-order valence-corrected chi connectivity index (χ2v) is 6.75. The van der Waals surface area contributed by atoms with E-state index in [1.165, 1.54) is 4.90 Å². The number of anilines is 1. The van der Waals surface area contributed by atoms with E-state index in [1.807, 2.05) is 56.3 Å². The molecule has 26 heavy (non-hydrogen) atoms. The van der Waals surface area contributed by atoms with Gasteiger partial charge in [-0.3, -0.25) is 9.59 Å². The van der Waals surface area contributed by atoms with E-state index in [2.05, 4.69) is 21.2 Å². The molecule has 5 nitrogen and oxygen atoms in total. The molecule has 0 atom stereocenters. The molecule has 0 saturated carbocycles. The summed E-state index contributed by atoms with van der Waals surface area (Å²) in [7, 11) is 0. The fourth-order valence-corrected chi connectivity index (χ4v) is 2.83. The maximum absolute atomic E-state index is 12.5. The standard InChI is InChI=1S/C20H23BrN2O3/c1-3-12-23(13-19(24)22-17-10-6-4-8-15(17)2)20(25)14-26-18-11-7-5-9-16(18)21/h4-11H,3,12-14H2,1-2H3,(H,22,24). The smallest absolute Gasteiger partial charge is 0.260 e. The van der Waals surface area contributed by atoms with Gasteiger partial charge in [-0.25, -0.2) is 0 Å². The summed E-state index contributed by atoms with van der Waals surface area (Å²) < 4.78 is 6.36. The first-order valence-corrected chi connectivity index (χ1v) is 9.31. The second kappa shape index (κ2) is 9.97. The van der Waals surface area contributed by atoms with Crippen LogP contribution in [0.15, 0.2) is 53.0 Å². The topological polar surface area (TPSA) is 58.6 Å². The van der Waals surface area contributed by atoms with E-state index in [9.17, 15) is 9.59 Å². The quantitative estimate of drug-likeness (QED) is 0.704. The minimum atomic E-state index is -0.220. The van der Waals surface area contributed by atoms with E-state index in [4.69, 9.17) is 4.74 Å². The number of nitrogens with zero attached hydrogens (tertiary/aromatic N) is 1. The van der Waals surface area contributed by atoms with Crippen molar-refractivity contribution < 1.29 is 14.3 Å². The highest BCUT2D eigenvalue weighted by Crippen LogP contribution is 2.23. The van der Waals surface area contributed by atoms with Gasteiger partial charge in [-0.2, -0.15) is 0 Å². The fraction of sp³-hybridized carbons (Fsp3) is 0.300. The SMILES string of the molecule is CCCN(CC(=O)Nc1ccccc1C)C(=O)COc1ccccc1Br. The first-order valence-electron chi connectivity index (χ1n) is 8.52. The van der Waals surface area contributed by atoms with Crippen LogP contribution in [0.3, 0.4) is 0 Å². The van der Waals surface area contributed by atoms with Gasteiger partial charge in [-0.15, -0.1) is 0 Å². The summed E-state index contributed by atoms with van der Waals surface area (Å²) in [5, 5.41) is 2.86. The average molecular weight is 419 g/mol. The monoisotopic (exact) mass is 418 g/mol. The van der Waals surface area contributed by atoms with Gasteiger partial charge in [0.05, 0.1) is 11.0 Å². The molecule has 6 heteroatoms. The molecule has 2 aromatic rings. The van der Waals surface area contributed by atoms with Crippen LogP contribution >= 0.6 is 15.9 Å². The summed E-state index contributed by atoms with van der Waals surface area (Å²) in [6.07, 6.45) is 0.762. The molecule has 1 N–H and O–H groups in total. The van der Waals surface area contributed by atoms with Gasteiger partial charge in [-0.05, 0) is 53.0 Å². The van der Waals surface area contributed by atoms with E-state index < -0.39 is 0 Å². The minimum Gasteiger partial charge on any atom is -0.483 e. The number of nitrogens with one attached hydrogen (secondary N) is 1. The highest BCUT2D eigenvalue weighted by molar-refractivity contribution is 9.10. The predicted molar refractivity (Wildman–Crippen MR) is 106 cm³/mol. The van der Waals surface area contributed by atoms with Crippen molar-refractivity contribution in [1.82, 2.24) is 4.90 Å². The maximum Gasteiger partial charge on any atom is 0.260 e. The van der Waals surface area contributed by atoms with Crippen LogP contribution in [-0.4, -0.2) is 36.4 Å². The molecule has 0 radical (unpaired) electrons. The molecule has 0 heterocycles. The molecule has 0 aliphatic carbocycles. The third-order valence-corrected chi connectivity index (χ3v) is 4.44. The minimum absolute atomic E-state index is 0.000324. The average Bonchev–Trinajstić information content (AvgIpc) is 2.62. The Morgan fingerprint density at radius 3 is 2.50 bits per heavy atom. The Morgan fingerprint density at radius 2 is 1.81 bits per heavy atom. The summed E-state index contributed by atoms with van der Waals surface area (Å²) >= 11 is 3.38. The van der Waals surface area contributed by atoms with Crippen LogP contribution in [0.4, 0.5) is 5.69 Å². The zero-order valence-corrected chi connectivity index (χ0v) is 16.6. The number of hydrogen-bond acceptors (Lipinski definition) is 3. The Balaban J connectivity index is 1.94. The molecular weight excluding hydrogens is 396 g/mol. The summed E-state index contributed by atoms with van der Waals surface area (Å²) in [4.78, 5) is 26.3. The molecule has 0 aromatic heterocycles. The first kappa shape index (κ1) is 20.0. The molecule has 0 saturated heterocycles. The third kappa shape index (κ3) is 5.88. The molecule has 2 aromatic carbocycles. The second-order valence-electron chi connectivity index (χ2n) is 5.90. The molecule has 0 unspecified atom stereocenters. The summed E-state index contributed by atoms with van der Waals surface area (Å²) in [5.41, 5.74) is 1.73. The lowest BCUT2D eigenvalue weighted by molar-refractivity contribution is -0.136. The Kier molecular flexibility index (Phi) is 7.66. The molecule has 138 valence electrons. The van der Waals surface area contributed by atoms with Crippen molar-refractivity contribution >= 4 is 33.4 Å². The first-order chi connectivity index (χ1) is 12.5. The van der Waals surface area contributed by atoms with Gasteiger partial charge in [0.15, 0.2) is 6.61 Å². The van der Waals surface area contributed by atoms with Crippen molar-refractivity contribution in [2.75, 3.05) is 25.0 Å². The van der Waals surface area contributed by atoms with Crippen molar-refractivity contribution in [2.45, 2.75) is 20.3 Å². The number of hydrogen-bond donors (Lipinski definition) is 1. The number of halogens is 1. The highest BCUT2D eigenvalue weighted by Gasteiger charge is 2.18. The molecule has 0 bridgehead atoms. The molecular formula is C20H23BrN2O3. The zero-order chi connectivity index (χ0) is 18.9. The number of aryl methyl sites for hydroxylation is 1. The van der Waals surface area contributed by atoms with Crippen LogP contribution in [0.25, 0.3) is 0 Å². The van der Waals surface area contributed by atoms with Gasteiger partial charge in [0.2, 0.25) is 5.91 Å². The Labute approximate surface area is 162 Å². The van der Waals surface area contributed by atoms with Crippen LogP contribution in [0.5, 0.6) is 5.75 Å².